The third kappa shape index (κ3) is 2.17. The SMILES string of the molecule is COC(=O)c1cc([N+](=O)[O-])c(Cl)cc1C=O. The number of esters is 1. The minimum Gasteiger partial charge on any atom is -0.465 e. The molecule has 0 radical (unpaired) electrons. The second kappa shape index (κ2) is 4.71. The van der Waals surface area contributed by atoms with Crippen LogP contribution in [0.3, 0.4) is 0 Å². The lowest BCUT2D eigenvalue weighted by Crippen LogP contribution is -2.06. The van der Waals surface area contributed by atoms with E-state index in [9.17, 15) is 19.7 Å². The van der Waals surface area contributed by atoms with Gasteiger partial charge in [0.1, 0.15) is 5.02 Å². The molecule has 0 N–H and O–H groups in total. The van der Waals surface area contributed by atoms with Crippen molar-refractivity contribution in [3.05, 3.63) is 38.4 Å². The molecule has 16 heavy (non-hydrogen) atoms. The average Bonchev–Trinajstić information content (AvgIpc) is 2.27. The average molecular weight is 244 g/mol. The van der Waals surface area contributed by atoms with Crippen molar-refractivity contribution < 1.29 is 19.2 Å². The molecule has 0 heterocycles. The highest BCUT2D eigenvalue weighted by molar-refractivity contribution is 6.33. The monoisotopic (exact) mass is 243 g/mol. The maximum absolute atomic E-state index is 11.2. The first-order valence-electron chi connectivity index (χ1n) is 4.02. The van der Waals surface area contributed by atoms with Gasteiger partial charge in [0.15, 0.2) is 6.29 Å². The van der Waals surface area contributed by atoms with Gasteiger partial charge in [0, 0.05) is 11.6 Å². The Morgan fingerprint density at radius 1 is 1.56 bits per heavy atom. The number of halogens is 1. The van der Waals surface area contributed by atoms with Gasteiger partial charge < -0.3 is 4.74 Å². The van der Waals surface area contributed by atoms with Gasteiger partial charge in [-0.1, -0.05) is 11.6 Å². The molecule has 84 valence electrons. The number of nitro benzene ring substituents is 1. The molecule has 0 aromatic heterocycles. The number of hydrogen-bond donors (Lipinski definition) is 0. The first-order valence-corrected chi connectivity index (χ1v) is 4.40. The molecule has 1 aromatic rings. The van der Waals surface area contributed by atoms with Crippen molar-refractivity contribution in [3.63, 3.8) is 0 Å². The molecule has 0 amide bonds. The van der Waals surface area contributed by atoms with Crippen molar-refractivity contribution in [2.45, 2.75) is 0 Å². The summed E-state index contributed by atoms with van der Waals surface area (Å²) in [5.74, 6) is -0.832. The van der Waals surface area contributed by atoms with Crippen molar-refractivity contribution in [1.29, 1.82) is 0 Å². The zero-order valence-electron chi connectivity index (χ0n) is 8.10. The molecule has 0 aliphatic heterocycles. The number of benzene rings is 1. The van der Waals surface area contributed by atoms with E-state index >= 15 is 0 Å². The smallest absolute Gasteiger partial charge is 0.338 e. The van der Waals surface area contributed by atoms with Crippen molar-refractivity contribution in [2.24, 2.45) is 0 Å². The Kier molecular flexibility index (Phi) is 3.57. The van der Waals surface area contributed by atoms with E-state index in [0.29, 0.717) is 6.29 Å². The van der Waals surface area contributed by atoms with E-state index in [1.807, 2.05) is 0 Å². The predicted molar refractivity (Wildman–Crippen MR) is 54.8 cm³/mol. The normalized spacial score (nSPS) is 9.62. The number of aldehydes is 1. The van der Waals surface area contributed by atoms with Crippen LogP contribution in [-0.2, 0) is 4.74 Å². The summed E-state index contributed by atoms with van der Waals surface area (Å²) >= 11 is 5.57. The third-order valence-electron chi connectivity index (χ3n) is 1.85. The van der Waals surface area contributed by atoms with Crippen LogP contribution in [0.1, 0.15) is 20.7 Å². The van der Waals surface area contributed by atoms with Gasteiger partial charge in [0.05, 0.1) is 17.6 Å². The maximum atomic E-state index is 11.2. The fourth-order valence-corrected chi connectivity index (χ4v) is 1.34. The van der Waals surface area contributed by atoms with Gasteiger partial charge in [-0.25, -0.2) is 4.79 Å². The standard InChI is InChI=1S/C9H6ClNO5/c1-16-9(13)6-3-8(11(14)15)7(10)2-5(6)4-12/h2-4H,1H3. The lowest BCUT2D eigenvalue weighted by molar-refractivity contribution is -0.384. The van der Waals surface area contributed by atoms with E-state index in [0.717, 1.165) is 19.2 Å². The van der Waals surface area contributed by atoms with Crippen LogP contribution in [0.15, 0.2) is 12.1 Å². The topological polar surface area (TPSA) is 86.5 Å². The zero-order chi connectivity index (χ0) is 12.3. The molecule has 0 spiro atoms. The lowest BCUT2D eigenvalue weighted by Gasteiger charge is -2.03. The van der Waals surface area contributed by atoms with Gasteiger partial charge in [-0.05, 0) is 6.07 Å². The summed E-state index contributed by atoms with van der Waals surface area (Å²) in [5.41, 5.74) is -0.691. The van der Waals surface area contributed by atoms with Crippen molar-refractivity contribution >= 4 is 29.5 Å². The summed E-state index contributed by atoms with van der Waals surface area (Å²) in [7, 11) is 1.11. The predicted octanol–water partition coefficient (Wildman–Crippen LogP) is 1.85. The van der Waals surface area contributed by atoms with Crippen LogP contribution in [0.5, 0.6) is 0 Å². The minimum absolute atomic E-state index is 0.0533. The largest absolute Gasteiger partial charge is 0.465 e. The second-order valence-corrected chi connectivity index (χ2v) is 3.16. The number of carbonyl (C=O) groups is 2. The summed E-state index contributed by atoms with van der Waals surface area (Å²) in [6.45, 7) is 0. The molecule has 0 unspecified atom stereocenters. The summed E-state index contributed by atoms with van der Waals surface area (Å²) < 4.78 is 4.39. The van der Waals surface area contributed by atoms with E-state index in [4.69, 9.17) is 11.6 Å². The van der Waals surface area contributed by atoms with E-state index in [1.165, 1.54) is 0 Å². The molecule has 0 fully saturated rings. The number of ether oxygens (including phenoxy) is 1. The van der Waals surface area contributed by atoms with Gasteiger partial charge in [0.2, 0.25) is 0 Å². The summed E-state index contributed by atoms with van der Waals surface area (Å²) in [6, 6.07) is 1.97. The highest BCUT2D eigenvalue weighted by atomic mass is 35.5. The molecular formula is C9H6ClNO5. The quantitative estimate of drug-likeness (QED) is 0.350. The number of rotatable bonds is 3. The Balaban J connectivity index is 3.46. The number of nitro groups is 1. The molecule has 0 bridgehead atoms. The molecule has 6 nitrogen and oxygen atoms in total. The van der Waals surface area contributed by atoms with Crippen molar-refractivity contribution in [3.8, 4) is 0 Å². The van der Waals surface area contributed by atoms with Crippen LogP contribution in [0, 0.1) is 10.1 Å². The maximum Gasteiger partial charge on any atom is 0.338 e. The molecule has 0 saturated carbocycles. The van der Waals surface area contributed by atoms with E-state index < -0.39 is 16.6 Å². The van der Waals surface area contributed by atoms with E-state index in [-0.39, 0.29) is 16.1 Å². The third-order valence-corrected chi connectivity index (χ3v) is 2.15. The molecule has 1 aromatic carbocycles. The van der Waals surface area contributed by atoms with Gasteiger partial charge in [-0.3, -0.25) is 14.9 Å². The first-order chi connectivity index (χ1) is 7.51. The Morgan fingerprint density at radius 3 is 2.62 bits per heavy atom. The van der Waals surface area contributed by atoms with Crippen LogP contribution >= 0.6 is 11.6 Å². The van der Waals surface area contributed by atoms with E-state index in [1.54, 1.807) is 0 Å². The number of nitrogens with zero attached hydrogens (tertiary/aromatic N) is 1. The van der Waals surface area contributed by atoms with Crippen molar-refractivity contribution in [2.75, 3.05) is 7.11 Å². The van der Waals surface area contributed by atoms with Crippen LogP contribution in [0.25, 0.3) is 0 Å². The fraction of sp³-hybridized carbons (Fsp3) is 0.111. The minimum atomic E-state index is -0.832. The Morgan fingerprint density at radius 2 is 2.19 bits per heavy atom. The molecule has 7 heteroatoms. The summed E-state index contributed by atoms with van der Waals surface area (Å²) in [5, 5.41) is 10.4. The Bertz CT molecular complexity index is 471. The molecule has 1 rings (SSSR count). The van der Waals surface area contributed by atoms with Gasteiger partial charge in [-0.2, -0.15) is 0 Å². The molecule has 0 atom stereocenters. The first kappa shape index (κ1) is 12.1. The van der Waals surface area contributed by atoms with Crippen LogP contribution < -0.4 is 0 Å². The Hall–Kier alpha value is -1.95. The van der Waals surface area contributed by atoms with Gasteiger partial charge >= 0.3 is 5.97 Å². The fourth-order valence-electron chi connectivity index (χ4n) is 1.10. The summed E-state index contributed by atoms with van der Waals surface area (Å²) in [6.07, 6.45) is 0.377. The zero-order valence-corrected chi connectivity index (χ0v) is 8.85. The Labute approximate surface area is 94.9 Å². The summed E-state index contributed by atoms with van der Waals surface area (Å²) in [4.78, 5) is 31.7. The van der Waals surface area contributed by atoms with Crippen molar-refractivity contribution in [1.82, 2.24) is 0 Å². The molecule has 0 aliphatic rings. The van der Waals surface area contributed by atoms with Crippen LogP contribution in [-0.4, -0.2) is 24.3 Å². The van der Waals surface area contributed by atoms with Gasteiger partial charge in [-0.15, -0.1) is 0 Å². The van der Waals surface area contributed by atoms with E-state index in [2.05, 4.69) is 4.74 Å². The van der Waals surface area contributed by atoms with Crippen LogP contribution in [0.2, 0.25) is 5.02 Å². The highest BCUT2D eigenvalue weighted by Gasteiger charge is 2.20. The second-order valence-electron chi connectivity index (χ2n) is 2.76. The highest BCUT2D eigenvalue weighted by Crippen LogP contribution is 2.27. The number of hydrogen-bond acceptors (Lipinski definition) is 5. The number of carbonyl (C=O) groups excluding carboxylic acids is 2. The molecule has 0 aliphatic carbocycles. The number of methoxy groups -OCH3 is 1. The molecular weight excluding hydrogens is 238 g/mol. The molecule has 0 saturated heterocycles. The van der Waals surface area contributed by atoms with Crippen LogP contribution in [0.4, 0.5) is 5.69 Å². The lowest BCUT2D eigenvalue weighted by atomic mass is 10.1. The van der Waals surface area contributed by atoms with Gasteiger partial charge in [0.25, 0.3) is 5.69 Å².